The first-order chi connectivity index (χ1) is 10.5. The molecule has 0 saturated carbocycles. The molecule has 0 aliphatic heterocycles. The Kier molecular flexibility index (Phi) is 4.88. The minimum absolute atomic E-state index is 0.148. The van der Waals surface area contributed by atoms with E-state index in [1.807, 2.05) is 0 Å². The van der Waals surface area contributed by atoms with Crippen molar-refractivity contribution in [2.24, 2.45) is 0 Å². The van der Waals surface area contributed by atoms with Crippen LogP contribution >= 0.6 is 0 Å². The highest BCUT2D eigenvalue weighted by atomic mass is 19.3. The first kappa shape index (κ1) is 15.7. The van der Waals surface area contributed by atoms with Crippen LogP contribution in [-0.2, 0) is 0 Å². The van der Waals surface area contributed by atoms with Crippen LogP contribution in [0.25, 0.3) is 0 Å². The minimum atomic E-state index is -2.99. The van der Waals surface area contributed by atoms with Crippen LogP contribution in [-0.4, -0.2) is 24.6 Å². The van der Waals surface area contributed by atoms with E-state index < -0.39 is 12.5 Å². The van der Waals surface area contributed by atoms with Crippen molar-refractivity contribution in [1.82, 2.24) is 4.98 Å². The van der Waals surface area contributed by atoms with E-state index in [-0.39, 0.29) is 11.5 Å². The summed E-state index contributed by atoms with van der Waals surface area (Å²) in [4.78, 5) is 16.1. The van der Waals surface area contributed by atoms with Gasteiger partial charge in [0.2, 0.25) is 0 Å². The quantitative estimate of drug-likeness (QED) is 0.921. The average molecular weight is 308 g/mol. The van der Waals surface area contributed by atoms with Crippen molar-refractivity contribution in [2.45, 2.75) is 13.5 Å². The number of anilines is 1. The molecule has 0 unspecified atom stereocenters. The number of benzene rings is 1. The summed E-state index contributed by atoms with van der Waals surface area (Å²) in [5.74, 6) is -0.409. The Morgan fingerprint density at radius 1 is 1.23 bits per heavy atom. The summed E-state index contributed by atoms with van der Waals surface area (Å²) in [6.07, 6.45) is 1.44. The predicted molar refractivity (Wildman–Crippen MR) is 76.6 cm³/mol. The summed E-state index contributed by atoms with van der Waals surface area (Å²) in [7, 11) is 1.34. The zero-order valence-electron chi connectivity index (χ0n) is 12.0. The van der Waals surface area contributed by atoms with Gasteiger partial charge in [0.25, 0.3) is 5.91 Å². The Balaban J connectivity index is 2.18. The fourth-order valence-corrected chi connectivity index (χ4v) is 1.75. The number of halogens is 2. The van der Waals surface area contributed by atoms with Gasteiger partial charge in [-0.1, -0.05) is 0 Å². The maximum absolute atomic E-state index is 12.4. The molecular formula is C15H14F2N2O3. The number of carbonyl (C=O) groups is 1. The van der Waals surface area contributed by atoms with Crippen molar-refractivity contribution >= 4 is 11.6 Å². The van der Waals surface area contributed by atoms with Crippen LogP contribution in [0, 0.1) is 6.92 Å². The van der Waals surface area contributed by atoms with Gasteiger partial charge in [-0.15, -0.1) is 0 Å². The monoisotopic (exact) mass is 308 g/mol. The van der Waals surface area contributed by atoms with Crippen LogP contribution in [0.1, 0.15) is 16.1 Å². The molecule has 7 heteroatoms. The molecule has 1 N–H and O–H groups in total. The van der Waals surface area contributed by atoms with Crippen LogP contribution in [0.4, 0.5) is 14.5 Å². The molecule has 2 aromatic rings. The van der Waals surface area contributed by atoms with Crippen LogP contribution in [0.15, 0.2) is 36.5 Å². The summed E-state index contributed by atoms with van der Waals surface area (Å²) in [5, 5.41) is 2.58. The first-order valence-corrected chi connectivity index (χ1v) is 6.36. The SMILES string of the molecule is COc1ccc(NC(=O)c2ccc(C)nc2)cc1OC(F)F. The van der Waals surface area contributed by atoms with E-state index in [0.29, 0.717) is 11.3 Å². The number of nitrogens with one attached hydrogen (secondary N) is 1. The molecule has 0 saturated heterocycles. The molecule has 0 radical (unpaired) electrons. The van der Waals surface area contributed by atoms with Gasteiger partial charge < -0.3 is 14.8 Å². The van der Waals surface area contributed by atoms with E-state index >= 15 is 0 Å². The lowest BCUT2D eigenvalue weighted by Gasteiger charge is -2.12. The summed E-state index contributed by atoms with van der Waals surface area (Å²) < 4.78 is 34.0. The highest BCUT2D eigenvalue weighted by Crippen LogP contribution is 2.31. The lowest BCUT2D eigenvalue weighted by molar-refractivity contribution is -0.0511. The number of carbonyl (C=O) groups excluding carboxylic acids is 1. The van der Waals surface area contributed by atoms with Gasteiger partial charge in [-0.2, -0.15) is 8.78 Å². The maximum atomic E-state index is 12.4. The maximum Gasteiger partial charge on any atom is 0.387 e. The molecule has 0 bridgehead atoms. The molecular weight excluding hydrogens is 294 g/mol. The molecule has 5 nitrogen and oxygen atoms in total. The van der Waals surface area contributed by atoms with Gasteiger partial charge in [-0.25, -0.2) is 0 Å². The second-order valence-corrected chi connectivity index (χ2v) is 4.39. The number of hydrogen-bond acceptors (Lipinski definition) is 4. The third kappa shape index (κ3) is 3.91. The van der Waals surface area contributed by atoms with Crippen molar-refractivity contribution in [3.8, 4) is 11.5 Å². The number of aryl methyl sites for hydroxylation is 1. The molecule has 0 spiro atoms. The number of rotatable bonds is 5. The predicted octanol–water partition coefficient (Wildman–Crippen LogP) is 3.25. The molecule has 1 amide bonds. The molecule has 0 aliphatic carbocycles. The molecule has 0 fully saturated rings. The number of aromatic nitrogens is 1. The molecule has 2 rings (SSSR count). The first-order valence-electron chi connectivity index (χ1n) is 6.36. The standard InChI is InChI=1S/C15H14F2N2O3/c1-9-3-4-10(8-18-9)14(20)19-11-5-6-12(21-2)13(7-11)22-15(16)17/h3-8,15H,1-2H3,(H,19,20). The number of alkyl halides is 2. The van der Waals surface area contributed by atoms with Gasteiger partial charge >= 0.3 is 6.61 Å². The summed E-state index contributed by atoms with van der Waals surface area (Å²) in [6.45, 7) is -1.18. The Morgan fingerprint density at radius 2 is 2.00 bits per heavy atom. The van der Waals surface area contributed by atoms with Crippen molar-refractivity contribution in [1.29, 1.82) is 0 Å². The fourth-order valence-electron chi connectivity index (χ4n) is 1.75. The number of nitrogens with zero attached hydrogens (tertiary/aromatic N) is 1. The lowest BCUT2D eigenvalue weighted by Crippen LogP contribution is -2.12. The summed E-state index contributed by atoms with van der Waals surface area (Å²) in [6, 6.07) is 7.55. The van der Waals surface area contributed by atoms with Crippen LogP contribution in [0.3, 0.4) is 0 Å². The van der Waals surface area contributed by atoms with E-state index in [0.717, 1.165) is 5.69 Å². The van der Waals surface area contributed by atoms with Gasteiger partial charge in [-0.3, -0.25) is 9.78 Å². The molecule has 116 valence electrons. The Morgan fingerprint density at radius 3 is 2.59 bits per heavy atom. The second kappa shape index (κ2) is 6.84. The van der Waals surface area contributed by atoms with Crippen molar-refractivity contribution in [3.63, 3.8) is 0 Å². The molecule has 22 heavy (non-hydrogen) atoms. The number of amides is 1. The second-order valence-electron chi connectivity index (χ2n) is 4.39. The van der Waals surface area contributed by atoms with Crippen LogP contribution in [0.5, 0.6) is 11.5 Å². The van der Waals surface area contributed by atoms with Crippen molar-refractivity contribution < 1.29 is 23.0 Å². The highest BCUT2D eigenvalue weighted by Gasteiger charge is 2.13. The molecule has 1 aromatic heterocycles. The Hall–Kier alpha value is -2.70. The van der Waals surface area contributed by atoms with Gasteiger partial charge in [0.15, 0.2) is 11.5 Å². The molecule has 0 aliphatic rings. The summed E-state index contributed by atoms with van der Waals surface area (Å²) in [5.41, 5.74) is 1.45. The van der Waals surface area contributed by atoms with Crippen LogP contribution in [0.2, 0.25) is 0 Å². The Labute approximate surface area is 125 Å². The summed E-state index contributed by atoms with van der Waals surface area (Å²) >= 11 is 0. The van der Waals surface area contributed by atoms with E-state index in [4.69, 9.17) is 4.74 Å². The lowest BCUT2D eigenvalue weighted by atomic mass is 10.2. The average Bonchev–Trinajstić information content (AvgIpc) is 2.47. The molecule has 1 heterocycles. The minimum Gasteiger partial charge on any atom is -0.493 e. The van der Waals surface area contributed by atoms with E-state index in [2.05, 4.69) is 15.0 Å². The van der Waals surface area contributed by atoms with E-state index in [9.17, 15) is 13.6 Å². The van der Waals surface area contributed by atoms with Crippen LogP contribution < -0.4 is 14.8 Å². The fraction of sp³-hybridized carbons (Fsp3) is 0.200. The van der Waals surface area contributed by atoms with Crippen molar-refractivity contribution in [2.75, 3.05) is 12.4 Å². The zero-order chi connectivity index (χ0) is 16.1. The molecule has 1 aromatic carbocycles. The smallest absolute Gasteiger partial charge is 0.387 e. The van der Waals surface area contributed by atoms with Gasteiger partial charge in [0, 0.05) is 23.6 Å². The number of methoxy groups -OCH3 is 1. The van der Waals surface area contributed by atoms with E-state index in [1.165, 1.54) is 31.5 Å². The van der Waals surface area contributed by atoms with Gasteiger partial charge in [0.1, 0.15) is 0 Å². The zero-order valence-corrected chi connectivity index (χ0v) is 12.0. The van der Waals surface area contributed by atoms with Gasteiger partial charge in [0.05, 0.1) is 12.7 Å². The number of ether oxygens (including phenoxy) is 2. The third-order valence-electron chi connectivity index (χ3n) is 2.81. The Bertz CT molecular complexity index is 660. The number of hydrogen-bond donors (Lipinski definition) is 1. The van der Waals surface area contributed by atoms with Crippen molar-refractivity contribution in [3.05, 3.63) is 47.8 Å². The normalized spacial score (nSPS) is 10.4. The molecule has 0 atom stereocenters. The number of pyridine rings is 1. The van der Waals surface area contributed by atoms with E-state index in [1.54, 1.807) is 19.1 Å². The highest BCUT2D eigenvalue weighted by molar-refractivity contribution is 6.04. The largest absolute Gasteiger partial charge is 0.493 e. The third-order valence-corrected chi connectivity index (χ3v) is 2.81. The van der Waals surface area contributed by atoms with Gasteiger partial charge in [-0.05, 0) is 31.2 Å². The topological polar surface area (TPSA) is 60.5 Å².